The van der Waals surface area contributed by atoms with Crippen molar-refractivity contribution in [2.75, 3.05) is 0 Å². The quantitative estimate of drug-likeness (QED) is 0.746. The van der Waals surface area contributed by atoms with E-state index in [4.69, 9.17) is 5.26 Å². The summed E-state index contributed by atoms with van der Waals surface area (Å²) in [6.07, 6.45) is 2.11. The molecule has 0 saturated heterocycles. The Morgan fingerprint density at radius 3 is 1.69 bits per heavy atom. The molecule has 0 unspecified atom stereocenters. The van der Waals surface area contributed by atoms with Gasteiger partial charge in [0.05, 0.1) is 11.6 Å². The number of hydrogen-bond acceptors (Lipinski definition) is 1. The second-order valence-corrected chi connectivity index (χ2v) is 5.35. The van der Waals surface area contributed by atoms with Gasteiger partial charge in [0.15, 0.2) is 0 Å². The molecule has 0 aromatic heterocycles. The maximum absolute atomic E-state index is 9.00. The van der Waals surface area contributed by atoms with E-state index in [-0.39, 0.29) is 0 Å². The Balaban J connectivity index is 2.97. The second kappa shape index (κ2) is 5.70. The Morgan fingerprint density at radius 1 is 0.938 bits per heavy atom. The van der Waals surface area contributed by atoms with Crippen LogP contribution >= 0.6 is 0 Å². The molecule has 0 radical (unpaired) electrons. The summed E-state index contributed by atoms with van der Waals surface area (Å²) < 4.78 is 0. The van der Waals surface area contributed by atoms with Gasteiger partial charge in [-0.1, -0.05) is 33.8 Å². The highest BCUT2D eigenvalue weighted by Gasteiger charge is 2.04. The molecule has 0 aliphatic rings. The molecule has 1 aromatic carbocycles. The van der Waals surface area contributed by atoms with Gasteiger partial charge in [0.1, 0.15) is 0 Å². The van der Waals surface area contributed by atoms with Gasteiger partial charge in [0.25, 0.3) is 0 Å². The van der Waals surface area contributed by atoms with Crippen LogP contribution in [0.15, 0.2) is 18.2 Å². The van der Waals surface area contributed by atoms with Crippen LogP contribution < -0.4 is 0 Å². The van der Waals surface area contributed by atoms with Crippen molar-refractivity contribution in [3.63, 3.8) is 0 Å². The zero-order chi connectivity index (χ0) is 12.1. The fraction of sp³-hybridized carbons (Fsp3) is 0.533. The first kappa shape index (κ1) is 12.8. The minimum atomic E-state index is 0.640. The Morgan fingerprint density at radius 2 is 1.38 bits per heavy atom. The van der Waals surface area contributed by atoms with E-state index in [0.717, 1.165) is 18.4 Å². The van der Waals surface area contributed by atoms with Gasteiger partial charge in [-0.25, -0.2) is 0 Å². The van der Waals surface area contributed by atoms with E-state index in [1.807, 2.05) is 12.1 Å². The highest BCUT2D eigenvalue weighted by molar-refractivity contribution is 5.37. The molecule has 0 fully saturated rings. The summed E-state index contributed by atoms with van der Waals surface area (Å²) >= 11 is 0. The van der Waals surface area contributed by atoms with Gasteiger partial charge in [-0.15, -0.1) is 0 Å². The van der Waals surface area contributed by atoms with Gasteiger partial charge in [-0.05, 0) is 47.9 Å². The molecule has 0 amide bonds. The van der Waals surface area contributed by atoms with Crippen LogP contribution in [0.4, 0.5) is 0 Å². The number of nitrogens with zero attached hydrogens (tertiary/aromatic N) is 1. The summed E-state index contributed by atoms with van der Waals surface area (Å²) in [5.74, 6) is 1.28. The van der Waals surface area contributed by atoms with E-state index >= 15 is 0 Å². The lowest BCUT2D eigenvalue weighted by Crippen LogP contribution is -1.99. The fourth-order valence-electron chi connectivity index (χ4n) is 2.01. The normalized spacial score (nSPS) is 10.8. The Kier molecular flexibility index (Phi) is 4.55. The van der Waals surface area contributed by atoms with Crippen molar-refractivity contribution in [3.8, 4) is 6.07 Å². The third-order valence-electron chi connectivity index (χ3n) is 2.47. The number of rotatable bonds is 4. The van der Waals surface area contributed by atoms with E-state index < -0.39 is 0 Å². The Labute approximate surface area is 99.1 Å². The third-order valence-corrected chi connectivity index (χ3v) is 2.47. The van der Waals surface area contributed by atoms with Crippen molar-refractivity contribution >= 4 is 0 Å². The van der Waals surface area contributed by atoms with Crippen LogP contribution in [0.25, 0.3) is 0 Å². The largest absolute Gasteiger partial charge is 0.192 e. The van der Waals surface area contributed by atoms with E-state index in [1.54, 1.807) is 0 Å². The van der Waals surface area contributed by atoms with Gasteiger partial charge in [0.2, 0.25) is 0 Å². The van der Waals surface area contributed by atoms with Crippen LogP contribution in [0, 0.1) is 23.2 Å². The maximum Gasteiger partial charge on any atom is 0.0991 e. The molecular formula is C15H21N. The minimum absolute atomic E-state index is 0.640. The Hall–Kier alpha value is -1.29. The zero-order valence-electron chi connectivity index (χ0n) is 10.7. The average molecular weight is 215 g/mol. The van der Waals surface area contributed by atoms with E-state index in [2.05, 4.69) is 39.8 Å². The molecule has 1 aromatic rings. The zero-order valence-corrected chi connectivity index (χ0v) is 10.7. The van der Waals surface area contributed by atoms with Crippen LogP contribution in [0.3, 0.4) is 0 Å². The van der Waals surface area contributed by atoms with Crippen LogP contribution in [0.1, 0.15) is 44.4 Å². The van der Waals surface area contributed by atoms with E-state index in [9.17, 15) is 0 Å². The monoisotopic (exact) mass is 215 g/mol. The van der Waals surface area contributed by atoms with Crippen molar-refractivity contribution in [1.82, 2.24) is 0 Å². The molecule has 0 heterocycles. The standard InChI is InChI=1S/C15H21N/c1-11(2)5-13-7-14(6-12(3)4)9-15(8-13)10-16/h7-9,11-12H,5-6H2,1-4H3. The molecule has 0 aliphatic carbocycles. The predicted octanol–water partition coefficient (Wildman–Crippen LogP) is 3.96. The molecule has 1 rings (SSSR count). The minimum Gasteiger partial charge on any atom is -0.192 e. The SMILES string of the molecule is CC(C)Cc1cc(C#N)cc(CC(C)C)c1. The van der Waals surface area contributed by atoms with Crippen molar-refractivity contribution in [1.29, 1.82) is 5.26 Å². The fourth-order valence-corrected chi connectivity index (χ4v) is 2.01. The van der Waals surface area contributed by atoms with Crippen LogP contribution in [-0.4, -0.2) is 0 Å². The number of benzene rings is 1. The molecule has 1 nitrogen and oxygen atoms in total. The van der Waals surface area contributed by atoms with Crippen LogP contribution in [0.2, 0.25) is 0 Å². The van der Waals surface area contributed by atoms with Gasteiger partial charge < -0.3 is 0 Å². The highest BCUT2D eigenvalue weighted by Crippen LogP contribution is 2.16. The number of nitriles is 1. The highest BCUT2D eigenvalue weighted by atomic mass is 14.2. The molecule has 0 N–H and O–H groups in total. The van der Waals surface area contributed by atoms with Gasteiger partial charge >= 0.3 is 0 Å². The van der Waals surface area contributed by atoms with Crippen molar-refractivity contribution in [2.24, 2.45) is 11.8 Å². The molecular weight excluding hydrogens is 194 g/mol. The summed E-state index contributed by atoms with van der Waals surface area (Å²) in [7, 11) is 0. The predicted molar refractivity (Wildman–Crippen MR) is 68.2 cm³/mol. The van der Waals surface area contributed by atoms with Crippen molar-refractivity contribution < 1.29 is 0 Å². The number of hydrogen-bond donors (Lipinski definition) is 0. The van der Waals surface area contributed by atoms with Crippen molar-refractivity contribution in [3.05, 3.63) is 34.9 Å². The Bertz CT molecular complexity index is 355. The molecule has 0 atom stereocenters. The molecule has 0 bridgehead atoms. The van der Waals surface area contributed by atoms with Crippen molar-refractivity contribution in [2.45, 2.75) is 40.5 Å². The molecule has 0 aliphatic heterocycles. The van der Waals surface area contributed by atoms with Gasteiger partial charge in [-0.2, -0.15) is 5.26 Å². The topological polar surface area (TPSA) is 23.8 Å². The maximum atomic E-state index is 9.00. The molecule has 0 saturated carbocycles. The van der Waals surface area contributed by atoms with Crippen LogP contribution in [-0.2, 0) is 12.8 Å². The lowest BCUT2D eigenvalue weighted by molar-refractivity contribution is 0.636. The first-order valence-corrected chi connectivity index (χ1v) is 6.04. The molecule has 16 heavy (non-hydrogen) atoms. The average Bonchev–Trinajstić information content (AvgIpc) is 2.14. The second-order valence-electron chi connectivity index (χ2n) is 5.35. The van der Waals surface area contributed by atoms with E-state index in [0.29, 0.717) is 11.8 Å². The first-order valence-electron chi connectivity index (χ1n) is 6.04. The molecule has 86 valence electrons. The lowest BCUT2D eigenvalue weighted by Gasteiger charge is -2.10. The lowest BCUT2D eigenvalue weighted by atomic mass is 9.95. The summed E-state index contributed by atoms with van der Waals surface area (Å²) in [5.41, 5.74) is 3.39. The third kappa shape index (κ3) is 4.06. The summed E-state index contributed by atoms with van der Waals surface area (Å²) in [6.45, 7) is 8.84. The van der Waals surface area contributed by atoms with E-state index in [1.165, 1.54) is 11.1 Å². The summed E-state index contributed by atoms with van der Waals surface area (Å²) in [6, 6.07) is 8.54. The molecule has 1 heteroatoms. The molecule has 0 spiro atoms. The van der Waals surface area contributed by atoms with Gasteiger partial charge in [0, 0.05) is 0 Å². The van der Waals surface area contributed by atoms with Gasteiger partial charge in [-0.3, -0.25) is 0 Å². The summed E-state index contributed by atoms with van der Waals surface area (Å²) in [4.78, 5) is 0. The smallest absolute Gasteiger partial charge is 0.0991 e. The first-order chi connectivity index (χ1) is 7.51. The van der Waals surface area contributed by atoms with Crippen LogP contribution in [0.5, 0.6) is 0 Å². The summed E-state index contributed by atoms with van der Waals surface area (Å²) in [5, 5.41) is 9.00.